The van der Waals surface area contributed by atoms with Crippen molar-refractivity contribution in [3.8, 4) is 5.75 Å². The molecule has 0 atom stereocenters. The summed E-state index contributed by atoms with van der Waals surface area (Å²) in [7, 11) is 0. The van der Waals surface area contributed by atoms with Crippen molar-refractivity contribution in [1.82, 2.24) is 0 Å². The summed E-state index contributed by atoms with van der Waals surface area (Å²) in [6, 6.07) is 4.66. The monoisotopic (exact) mass is 225 g/mol. The van der Waals surface area contributed by atoms with Gasteiger partial charge in [0, 0.05) is 11.6 Å². The molecule has 80 valence electrons. The molecule has 1 fully saturated rings. The molecular weight excluding hydrogens is 214 g/mol. The van der Waals surface area contributed by atoms with Crippen molar-refractivity contribution in [2.45, 2.75) is 19.3 Å². The van der Waals surface area contributed by atoms with E-state index in [0.29, 0.717) is 5.69 Å². The van der Waals surface area contributed by atoms with Crippen LogP contribution in [0.15, 0.2) is 18.2 Å². The highest BCUT2D eigenvalue weighted by molar-refractivity contribution is 6.32. The first-order valence-corrected chi connectivity index (χ1v) is 5.34. The predicted molar refractivity (Wildman–Crippen MR) is 59.1 cm³/mol. The van der Waals surface area contributed by atoms with Crippen LogP contribution < -0.4 is 5.32 Å². The van der Waals surface area contributed by atoms with Gasteiger partial charge in [-0.05, 0) is 31.0 Å². The van der Waals surface area contributed by atoms with E-state index < -0.39 is 0 Å². The third-order valence-corrected chi connectivity index (χ3v) is 2.99. The molecule has 1 aromatic carbocycles. The Balaban J connectivity index is 2.03. The maximum atomic E-state index is 11.6. The van der Waals surface area contributed by atoms with Crippen LogP contribution in [0.25, 0.3) is 0 Å². The van der Waals surface area contributed by atoms with Gasteiger partial charge in [0.15, 0.2) is 0 Å². The Morgan fingerprint density at radius 3 is 2.73 bits per heavy atom. The van der Waals surface area contributed by atoms with Crippen LogP contribution in [-0.2, 0) is 4.79 Å². The zero-order valence-electron chi connectivity index (χ0n) is 8.16. The van der Waals surface area contributed by atoms with E-state index in [1.54, 1.807) is 12.1 Å². The summed E-state index contributed by atoms with van der Waals surface area (Å²) in [4.78, 5) is 11.6. The highest BCUT2D eigenvalue weighted by atomic mass is 35.5. The quantitative estimate of drug-likeness (QED) is 0.761. The average molecular weight is 226 g/mol. The Bertz CT molecular complexity index is 388. The number of carbonyl (C=O) groups excluding carboxylic acids is 1. The van der Waals surface area contributed by atoms with Crippen molar-refractivity contribution in [2.75, 3.05) is 5.32 Å². The van der Waals surface area contributed by atoms with Crippen LogP contribution in [0.4, 0.5) is 5.69 Å². The van der Waals surface area contributed by atoms with E-state index >= 15 is 0 Å². The molecule has 0 saturated heterocycles. The SMILES string of the molecule is O=C(Nc1ccc(O)c(Cl)c1)C1CCC1. The van der Waals surface area contributed by atoms with Crippen LogP contribution in [0.3, 0.4) is 0 Å². The van der Waals surface area contributed by atoms with Crippen molar-refractivity contribution >= 4 is 23.2 Å². The number of anilines is 1. The molecule has 0 spiro atoms. The lowest BCUT2D eigenvalue weighted by molar-refractivity contribution is -0.122. The minimum Gasteiger partial charge on any atom is -0.506 e. The van der Waals surface area contributed by atoms with Gasteiger partial charge in [0.1, 0.15) is 5.75 Å². The first-order valence-electron chi connectivity index (χ1n) is 4.96. The summed E-state index contributed by atoms with van der Waals surface area (Å²) in [5.41, 5.74) is 0.634. The zero-order valence-corrected chi connectivity index (χ0v) is 8.92. The number of aromatic hydroxyl groups is 1. The Morgan fingerprint density at radius 1 is 1.47 bits per heavy atom. The largest absolute Gasteiger partial charge is 0.506 e. The van der Waals surface area contributed by atoms with Gasteiger partial charge in [-0.2, -0.15) is 0 Å². The van der Waals surface area contributed by atoms with Gasteiger partial charge >= 0.3 is 0 Å². The molecule has 4 heteroatoms. The molecule has 1 aliphatic rings. The molecule has 2 N–H and O–H groups in total. The number of carbonyl (C=O) groups is 1. The molecule has 0 unspecified atom stereocenters. The number of phenolic OH excluding ortho intramolecular Hbond substituents is 1. The maximum absolute atomic E-state index is 11.6. The van der Waals surface area contributed by atoms with Crippen LogP contribution >= 0.6 is 11.6 Å². The van der Waals surface area contributed by atoms with Gasteiger partial charge in [0.05, 0.1) is 5.02 Å². The fourth-order valence-electron chi connectivity index (χ4n) is 1.50. The lowest BCUT2D eigenvalue weighted by atomic mass is 9.85. The van der Waals surface area contributed by atoms with Crippen molar-refractivity contribution in [3.05, 3.63) is 23.2 Å². The Morgan fingerprint density at radius 2 is 2.20 bits per heavy atom. The fraction of sp³-hybridized carbons (Fsp3) is 0.364. The molecule has 1 aliphatic carbocycles. The second-order valence-corrected chi connectivity index (χ2v) is 4.19. The predicted octanol–water partition coefficient (Wildman–Crippen LogP) is 2.78. The summed E-state index contributed by atoms with van der Waals surface area (Å²) in [5, 5.41) is 12.2. The highest BCUT2D eigenvalue weighted by Crippen LogP contribution is 2.29. The van der Waals surface area contributed by atoms with Gasteiger partial charge in [-0.3, -0.25) is 4.79 Å². The molecule has 1 saturated carbocycles. The molecular formula is C11H12ClNO2. The van der Waals surface area contributed by atoms with Gasteiger partial charge in [-0.15, -0.1) is 0 Å². The van der Waals surface area contributed by atoms with E-state index in [-0.39, 0.29) is 22.6 Å². The van der Waals surface area contributed by atoms with E-state index in [1.165, 1.54) is 6.07 Å². The molecule has 15 heavy (non-hydrogen) atoms. The molecule has 1 aromatic rings. The van der Waals surface area contributed by atoms with E-state index in [2.05, 4.69) is 5.32 Å². The van der Waals surface area contributed by atoms with E-state index in [0.717, 1.165) is 19.3 Å². The van der Waals surface area contributed by atoms with Gasteiger partial charge in [-0.25, -0.2) is 0 Å². The summed E-state index contributed by atoms with van der Waals surface area (Å²) >= 11 is 5.72. The Labute approximate surface area is 93.1 Å². The number of phenols is 1. The summed E-state index contributed by atoms with van der Waals surface area (Å²) in [6.07, 6.45) is 3.07. The normalized spacial score (nSPS) is 15.8. The van der Waals surface area contributed by atoms with Gasteiger partial charge in [0.25, 0.3) is 0 Å². The molecule has 0 aliphatic heterocycles. The van der Waals surface area contributed by atoms with Crippen LogP contribution in [-0.4, -0.2) is 11.0 Å². The fourth-order valence-corrected chi connectivity index (χ4v) is 1.68. The summed E-state index contributed by atoms with van der Waals surface area (Å²) in [6.45, 7) is 0. The van der Waals surface area contributed by atoms with Crippen molar-refractivity contribution < 1.29 is 9.90 Å². The van der Waals surface area contributed by atoms with Gasteiger partial charge in [0.2, 0.25) is 5.91 Å². The summed E-state index contributed by atoms with van der Waals surface area (Å²) in [5.74, 6) is 0.221. The van der Waals surface area contributed by atoms with Crippen LogP contribution in [0.2, 0.25) is 5.02 Å². The van der Waals surface area contributed by atoms with Crippen LogP contribution in [0, 0.1) is 5.92 Å². The molecule has 2 rings (SSSR count). The minimum absolute atomic E-state index is 0.0262. The minimum atomic E-state index is 0.0262. The number of rotatable bonds is 2. The molecule has 0 heterocycles. The summed E-state index contributed by atoms with van der Waals surface area (Å²) < 4.78 is 0. The number of amides is 1. The molecule has 0 radical (unpaired) electrons. The standard InChI is InChI=1S/C11H12ClNO2/c12-9-6-8(4-5-10(9)14)13-11(15)7-2-1-3-7/h4-7,14H,1-3H2,(H,13,15). The lowest BCUT2D eigenvalue weighted by Crippen LogP contribution is -2.27. The second-order valence-electron chi connectivity index (χ2n) is 3.78. The van der Waals surface area contributed by atoms with Gasteiger partial charge in [-0.1, -0.05) is 18.0 Å². The Hall–Kier alpha value is -1.22. The van der Waals surface area contributed by atoms with Crippen molar-refractivity contribution in [2.24, 2.45) is 5.92 Å². The number of halogens is 1. The van der Waals surface area contributed by atoms with Crippen LogP contribution in [0.5, 0.6) is 5.75 Å². The van der Waals surface area contributed by atoms with E-state index in [9.17, 15) is 9.90 Å². The Kier molecular flexibility index (Phi) is 2.82. The highest BCUT2D eigenvalue weighted by Gasteiger charge is 2.25. The second kappa shape index (κ2) is 4.11. The van der Waals surface area contributed by atoms with Crippen molar-refractivity contribution in [3.63, 3.8) is 0 Å². The zero-order chi connectivity index (χ0) is 10.8. The smallest absolute Gasteiger partial charge is 0.227 e. The van der Waals surface area contributed by atoms with Crippen molar-refractivity contribution in [1.29, 1.82) is 0 Å². The topological polar surface area (TPSA) is 49.3 Å². The molecule has 3 nitrogen and oxygen atoms in total. The number of hydrogen-bond donors (Lipinski definition) is 2. The first-order chi connectivity index (χ1) is 7.16. The lowest BCUT2D eigenvalue weighted by Gasteiger charge is -2.24. The number of hydrogen-bond acceptors (Lipinski definition) is 2. The number of nitrogens with one attached hydrogen (secondary N) is 1. The molecule has 0 bridgehead atoms. The third kappa shape index (κ3) is 2.23. The average Bonchev–Trinajstić information content (AvgIpc) is 2.08. The third-order valence-electron chi connectivity index (χ3n) is 2.69. The molecule has 1 amide bonds. The van der Waals surface area contributed by atoms with Gasteiger partial charge < -0.3 is 10.4 Å². The van der Waals surface area contributed by atoms with Crippen LogP contribution in [0.1, 0.15) is 19.3 Å². The first kappa shape index (κ1) is 10.3. The maximum Gasteiger partial charge on any atom is 0.227 e. The number of benzene rings is 1. The van der Waals surface area contributed by atoms with E-state index in [1.807, 2.05) is 0 Å². The molecule has 0 aromatic heterocycles. The van der Waals surface area contributed by atoms with E-state index in [4.69, 9.17) is 11.6 Å².